The average Bonchev–Trinajstić information content (AvgIpc) is 2.66. The molecule has 102 valence electrons. The van der Waals surface area contributed by atoms with Gasteiger partial charge in [-0.05, 0) is 31.2 Å². The molecule has 0 aliphatic rings. The molecule has 1 aromatic carbocycles. The van der Waals surface area contributed by atoms with E-state index in [0.717, 1.165) is 11.3 Å². The summed E-state index contributed by atoms with van der Waals surface area (Å²) >= 11 is 5.73. The summed E-state index contributed by atoms with van der Waals surface area (Å²) in [6.07, 6.45) is 1.79. The third-order valence-electron chi connectivity index (χ3n) is 2.69. The molecule has 1 aromatic heterocycles. The van der Waals surface area contributed by atoms with Gasteiger partial charge in [0.05, 0.1) is 10.6 Å². The lowest BCUT2D eigenvalue weighted by molar-refractivity contribution is 0.581. The van der Waals surface area contributed by atoms with Crippen LogP contribution in [-0.4, -0.2) is 18.2 Å². The lowest BCUT2D eigenvalue weighted by Gasteiger charge is -2.06. The summed E-state index contributed by atoms with van der Waals surface area (Å²) in [7, 11) is -1.73. The van der Waals surface area contributed by atoms with Crippen molar-refractivity contribution in [1.82, 2.24) is 14.5 Å². The van der Waals surface area contributed by atoms with Gasteiger partial charge in [-0.15, -0.1) is 0 Å². The third-order valence-corrected chi connectivity index (χ3v) is 4.36. The molecule has 2 rings (SSSR count). The van der Waals surface area contributed by atoms with Gasteiger partial charge in [-0.2, -0.15) is 5.10 Å². The van der Waals surface area contributed by atoms with E-state index >= 15 is 0 Å². The molecule has 1 heterocycles. The van der Waals surface area contributed by atoms with Crippen LogP contribution < -0.4 is 4.72 Å². The molecule has 0 radical (unpaired) electrons. The molecular formula is C12H14ClN3O2S. The summed E-state index contributed by atoms with van der Waals surface area (Å²) in [5, 5.41) is 4.66. The predicted molar refractivity (Wildman–Crippen MR) is 73.4 cm³/mol. The van der Waals surface area contributed by atoms with E-state index < -0.39 is 10.0 Å². The highest BCUT2D eigenvalue weighted by Crippen LogP contribution is 2.14. The standard InChI is InChI=1S/C12H14ClN3O2S/c1-9-10(8-16(2)15-9)7-14-19(17,18)12-5-3-11(13)4-6-12/h3-6,8,14H,7H2,1-2H3. The topological polar surface area (TPSA) is 64.0 Å². The van der Waals surface area contributed by atoms with Crippen molar-refractivity contribution in [2.24, 2.45) is 7.05 Å². The van der Waals surface area contributed by atoms with Crippen molar-refractivity contribution in [1.29, 1.82) is 0 Å². The molecule has 19 heavy (non-hydrogen) atoms. The first-order valence-electron chi connectivity index (χ1n) is 5.63. The Morgan fingerprint density at radius 1 is 1.32 bits per heavy atom. The molecule has 7 heteroatoms. The number of benzene rings is 1. The van der Waals surface area contributed by atoms with Crippen LogP contribution in [0.25, 0.3) is 0 Å². The fourth-order valence-corrected chi connectivity index (χ4v) is 2.82. The second-order valence-corrected chi connectivity index (χ2v) is 6.40. The maximum Gasteiger partial charge on any atom is 0.240 e. The Labute approximate surface area is 117 Å². The molecule has 0 aliphatic heterocycles. The fraction of sp³-hybridized carbons (Fsp3) is 0.250. The van der Waals surface area contributed by atoms with Gasteiger partial charge in [-0.3, -0.25) is 4.68 Å². The Bertz CT molecular complexity index is 678. The van der Waals surface area contributed by atoms with Gasteiger partial charge >= 0.3 is 0 Å². The van der Waals surface area contributed by atoms with E-state index in [0.29, 0.717) is 5.02 Å². The summed E-state index contributed by atoms with van der Waals surface area (Å²) in [5.74, 6) is 0. The summed E-state index contributed by atoms with van der Waals surface area (Å²) in [6, 6.07) is 6.04. The van der Waals surface area contributed by atoms with Gasteiger partial charge in [0.2, 0.25) is 10.0 Å². The van der Waals surface area contributed by atoms with E-state index in [1.807, 2.05) is 6.92 Å². The molecule has 0 saturated carbocycles. The van der Waals surface area contributed by atoms with Crippen molar-refractivity contribution < 1.29 is 8.42 Å². The number of nitrogens with zero attached hydrogens (tertiary/aromatic N) is 2. The maximum atomic E-state index is 12.1. The Balaban J connectivity index is 2.14. The van der Waals surface area contributed by atoms with Crippen molar-refractivity contribution >= 4 is 21.6 Å². The molecule has 5 nitrogen and oxygen atoms in total. The van der Waals surface area contributed by atoms with Crippen LogP contribution in [0, 0.1) is 6.92 Å². The Hall–Kier alpha value is -1.37. The minimum atomic E-state index is -3.53. The van der Waals surface area contributed by atoms with Crippen molar-refractivity contribution in [3.63, 3.8) is 0 Å². The minimum Gasteiger partial charge on any atom is -0.275 e. The zero-order valence-corrected chi connectivity index (χ0v) is 12.2. The molecule has 0 spiro atoms. The monoisotopic (exact) mass is 299 g/mol. The fourth-order valence-electron chi connectivity index (χ4n) is 1.69. The van der Waals surface area contributed by atoms with Crippen LogP contribution in [0.1, 0.15) is 11.3 Å². The third kappa shape index (κ3) is 3.34. The number of aryl methyl sites for hydroxylation is 2. The molecule has 0 bridgehead atoms. The number of halogens is 1. The molecule has 0 atom stereocenters. The quantitative estimate of drug-likeness (QED) is 0.937. The number of hydrogen-bond acceptors (Lipinski definition) is 3. The SMILES string of the molecule is Cc1nn(C)cc1CNS(=O)(=O)c1ccc(Cl)cc1. The van der Waals surface area contributed by atoms with E-state index in [1.54, 1.807) is 30.1 Å². The molecule has 0 unspecified atom stereocenters. The maximum absolute atomic E-state index is 12.1. The first-order chi connectivity index (χ1) is 8.88. The molecule has 2 aromatic rings. The van der Waals surface area contributed by atoms with E-state index in [4.69, 9.17) is 11.6 Å². The number of rotatable bonds is 4. The normalized spacial score (nSPS) is 11.7. The Morgan fingerprint density at radius 2 is 1.95 bits per heavy atom. The zero-order chi connectivity index (χ0) is 14.0. The van der Waals surface area contributed by atoms with Crippen molar-refractivity contribution in [3.8, 4) is 0 Å². The molecule has 0 amide bonds. The second kappa shape index (κ2) is 5.32. The number of aromatic nitrogens is 2. The highest BCUT2D eigenvalue weighted by Gasteiger charge is 2.14. The van der Waals surface area contributed by atoms with E-state index in [-0.39, 0.29) is 11.4 Å². The Kier molecular flexibility index (Phi) is 3.93. The van der Waals surface area contributed by atoms with Crippen LogP contribution in [0.5, 0.6) is 0 Å². The smallest absolute Gasteiger partial charge is 0.240 e. The highest BCUT2D eigenvalue weighted by atomic mass is 35.5. The van der Waals surface area contributed by atoms with Gasteiger partial charge in [-0.1, -0.05) is 11.6 Å². The van der Waals surface area contributed by atoms with Gasteiger partial charge < -0.3 is 0 Å². The summed E-state index contributed by atoms with van der Waals surface area (Å²) in [5.41, 5.74) is 1.65. The average molecular weight is 300 g/mol. The van der Waals surface area contributed by atoms with E-state index in [2.05, 4.69) is 9.82 Å². The number of hydrogen-bond donors (Lipinski definition) is 1. The molecule has 0 aliphatic carbocycles. The van der Waals surface area contributed by atoms with Crippen LogP contribution in [0.15, 0.2) is 35.4 Å². The lowest BCUT2D eigenvalue weighted by atomic mass is 10.3. The van der Waals surface area contributed by atoms with Crippen LogP contribution >= 0.6 is 11.6 Å². The molecule has 0 saturated heterocycles. The van der Waals surface area contributed by atoms with Crippen molar-refractivity contribution in [2.75, 3.05) is 0 Å². The van der Waals surface area contributed by atoms with Gasteiger partial charge in [0.1, 0.15) is 0 Å². The number of nitrogens with one attached hydrogen (secondary N) is 1. The van der Waals surface area contributed by atoms with Crippen LogP contribution in [0.3, 0.4) is 0 Å². The lowest BCUT2D eigenvalue weighted by Crippen LogP contribution is -2.23. The van der Waals surface area contributed by atoms with Crippen LogP contribution in [0.4, 0.5) is 0 Å². The zero-order valence-electron chi connectivity index (χ0n) is 10.6. The van der Waals surface area contributed by atoms with Gasteiger partial charge in [0.15, 0.2) is 0 Å². The first kappa shape index (κ1) is 14.0. The van der Waals surface area contributed by atoms with Gasteiger partial charge in [0.25, 0.3) is 0 Å². The van der Waals surface area contributed by atoms with Crippen molar-refractivity contribution in [3.05, 3.63) is 46.7 Å². The van der Waals surface area contributed by atoms with E-state index in [9.17, 15) is 8.42 Å². The van der Waals surface area contributed by atoms with Gasteiger partial charge in [-0.25, -0.2) is 13.1 Å². The predicted octanol–water partition coefficient (Wildman–Crippen LogP) is 1.86. The minimum absolute atomic E-state index is 0.193. The van der Waals surface area contributed by atoms with Crippen LogP contribution in [-0.2, 0) is 23.6 Å². The van der Waals surface area contributed by atoms with Crippen LogP contribution in [0.2, 0.25) is 5.02 Å². The van der Waals surface area contributed by atoms with Crippen molar-refractivity contribution in [2.45, 2.75) is 18.4 Å². The summed E-state index contributed by atoms with van der Waals surface area (Å²) in [4.78, 5) is 0.193. The van der Waals surface area contributed by atoms with Gasteiger partial charge in [0, 0.05) is 30.4 Å². The summed E-state index contributed by atoms with van der Waals surface area (Å²) in [6.45, 7) is 2.05. The Morgan fingerprint density at radius 3 is 2.47 bits per heavy atom. The van der Waals surface area contributed by atoms with E-state index in [1.165, 1.54) is 12.1 Å². The summed E-state index contributed by atoms with van der Waals surface area (Å²) < 4.78 is 28.3. The largest absolute Gasteiger partial charge is 0.275 e. The molecular weight excluding hydrogens is 286 g/mol. The second-order valence-electron chi connectivity index (χ2n) is 4.19. The molecule has 1 N–H and O–H groups in total. The molecule has 0 fully saturated rings. The highest BCUT2D eigenvalue weighted by molar-refractivity contribution is 7.89. The first-order valence-corrected chi connectivity index (χ1v) is 7.49. The number of sulfonamides is 1.